The Morgan fingerprint density at radius 2 is 1.59 bits per heavy atom. The number of anilines is 1. The lowest BCUT2D eigenvalue weighted by Gasteiger charge is -2.35. The molecule has 0 bridgehead atoms. The van der Waals surface area contributed by atoms with Gasteiger partial charge < -0.3 is 5.32 Å². The molecule has 146 valence electrons. The van der Waals surface area contributed by atoms with Crippen LogP contribution in [0.25, 0.3) is 10.8 Å². The Balaban J connectivity index is 1.68. The van der Waals surface area contributed by atoms with E-state index in [9.17, 15) is 4.79 Å². The van der Waals surface area contributed by atoms with Crippen molar-refractivity contribution in [1.82, 2.24) is 0 Å². The van der Waals surface area contributed by atoms with Crippen LogP contribution in [0.15, 0.2) is 72.8 Å². The van der Waals surface area contributed by atoms with Crippen LogP contribution in [0, 0.1) is 23.2 Å². The normalized spacial score (nSPS) is 16.4. The second-order valence-corrected chi connectivity index (χ2v) is 8.13. The van der Waals surface area contributed by atoms with Gasteiger partial charge in [-0.05, 0) is 49.3 Å². The van der Waals surface area contributed by atoms with E-state index in [1.54, 1.807) is 0 Å². The molecule has 0 radical (unpaired) electrons. The summed E-state index contributed by atoms with van der Waals surface area (Å²) in [5, 5.41) is 5.40. The first-order valence-electron chi connectivity index (χ1n) is 10.5. The molecule has 3 aromatic rings. The zero-order valence-corrected chi connectivity index (χ0v) is 16.9. The fourth-order valence-corrected chi connectivity index (χ4v) is 4.33. The zero-order valence-electron chi connectivity index (χ0n) is 16.9. The van der Waals surface area contributed by atoms with Gasteiger partial charge >= 0.3 is 0 Å². The van der Waals surface area contributed by atoms with Crippen LogP contribution in [0.2, 0.25) is 0 Å². The Labute approximate surface area is 173 Å². The number of benzene rings is 3. The van der Waals surface area contributed by atoms with E-state index in [-0.39, 0.29) is 11.8 Å². The third kappa shape index (κ3) is 4.20. The monoisotopic (exact) mass is 381 g/mol. The van der Waals surface area contributed by atoms with Gasteiger partial charge in [-0.1, -0.05) is 85.7 Å². The van der Waals surface area contributed by atoms with Crippen LogP contribution in [-0.4, -0.2) is 5.91 Å². The van der Waals surface area contributed by atoms with Gasteiger partial charge in [0.1, 0.15) is 5.41 Å². The molecular weight excluding hydrogens is 354 g/mol. The summed E-state index contributed by atoms with van der Waals surface area (Å²) < 4.78 is 0. The summed E-state index contributed by atoms with van der Waals surface area (Å²) in [6.45, 7) is 2.03. The van der Waals surface area contributed by atoms with Gasteiger partial charge in [0.05, 0.1) is 0 Å². The molecule has 0 spiro atoms. The summed E-state index contributed by atoms with van der Waals surface area (Å²) in [5.74, 6) is 6.95. The van der Waals surface area contributed by atoms with Gasteiger partial charge in [0.2, 0.25) is 5.91 Å². The Bertz CT molecular complexity index is 1050. The molecule has 29 heavy (non-hydrogen) atoms. The summed E-state index contributed by atoms with van der Waals surface area (Å²) in [6, 6.07) is 24.1. The van der Waals surface area contributed by atoms with E-state index in [1.165, 1.54) is 19.3 Å². The van der Waals surface area contributed by atoms with Crippen LogP contribution in [0.3, 0.4) is 0 Å². The highest BCUT2D eigenvalue weighted by molar-refractivity contribution is 6.05. The minimum atomic E-state index is -0.715. The molecule has 1 N–H and O–H groups in total. The number of nitrogens with one attached hydrogen (secondary N) is 1. The quantitative estimate of drug-likeness (QED) is 0.521. The molecule has 1 amide bonds. The molecule has 0 saturated heterocycles. The predicted octanol–water partition coefficient (Wildman–Crippen LogP) is 6.42. The van der Waals surface area contributed by atoms with Gasteiger partial charge in [0.25, 0.3) is 0 Å². The second kappa shape index (κ2) is 8.53. The van der Waals surface area contributed by atoms with E-state index >= 15 is 0 Å². The lowest BCUT2D eigenvalue weighted by Crippen LogP contribution is -2.40. The Kier molecular flexibility index (Phi) is 5.67. The van der Waals surface area contributed by atoms with Crippen molar-refractivity contribution in [2.24, 2.45) is 11.3 Å². The Hall–Kier alpha value is -3.05. The lowest BCUT2D eigenvalue weighted by molar-refractivity contribution is -0.124. The Morgan fingerprint density at radius 3 is 2.38 bits per heavy atom. The van der Waals surface area contributed by atoms with Crippen LogP contribution in [0.4, 0.5) is 5.69 Å². The molecule has 1 saturated carbocycles. The highest BCUT2D eigenvalue weighted by atomic mass is 16.2. The minimum Gasteiger partial charge on any atom is -0.324 e. The number of hydrogen-bond donors (Lipinski definition) is 1. The average Bonchev–Trinajstić information content (AvgIpc) is 2.79. The highest BCUT2D eigenvalue weighted by Crippen LogP contribution is 2.39. The molecule has 1 fully saturated rings. The summed E-state index contributed by atoms with van der Waals surface area (Å²) in [5.41, 5.74) is 1.09. The van der Waals surface area contributed by atoms with Crippen LogP contribution in [0.5, 0.6) is 0 Å². The molecule has 1 aliphatic carbocycles. The summed E-state index contributed by atoms with van der Waals surface area (Å²) in [4.78, 5) is 13.6. The Morgan fingerprint density at radius 1 is 0.897 bits per heavy atom. The third-order valence-corrected chi connectivity index (χ3v) is 6.17. The van der Waals surface area contributed by atoms with Crippen molar-refractivity contribution in [2.45, 2.75) is 39.0 Å². The molecule has 1 aliphatic rings. The first-order valence-corrected chi connectivity index (χ1v) is 10.5. The number of amides is 1. The fourth-order valence-electron chi connectivity index (χ4n) is 4.33. The average molecular weight is 382 g/mol. The zero-order chi connectivity index (χ0) is 20.1. The molecule has 4 rings (SSSR count). The largest absolute Gasteiger partial charge is 0.324 e. The first-order chi connectivity index (χ1) is 14.2. The smallest absolute Gasteiger partial charge is 0.242 e. The van der Waals surface area contributed by atoms with E-state index in [2.05, 4.69) is 35.4 Å². The van der Waals surface area contributed by atoms with E-state index in [0.29, 0.717) is 0 Å². The number of carbonyl (C=O) groups excluding carboxylic acids is 1. The molecule has 1 atom stereocenters. The van der Waals surface area contributed by atoms with Crippen molar-refractivity contribution in [2.75, 3.05) is 5.32 Å². The van der Waals surface area contributed by atoms with Crippen LogP contribution < -0.4 is 5.32 Å². The number of fused-ring (bicyclic) bond motifs is 1. The standard InChI is InChI=1S/C27H27NO/c1-27(23-15-6-3-7-16-23,20-19-21-11-4-2-5-12-21)26(29)28-25-18-10-14-22-13-8-9-17-24(22)25/h2,4-5,8-14,17-18,23H,3,6-7,15-16H2,1H3,(H,28,29)/t27-/m1/s1. The molecule has 3 aromatic carbocycles. The molecule has 0 aromatic heterocycles. The van der Waals surface area contributed by atoms with Crippen LogP contribution in [-0.2, 0) is 4.79 Å². The van der Waals surface area contributed by atoms with Crippen molar-refractivity contribution in [3.05, 3.63) is 78.4 Å². The van der Waals surface area contributed by atoms with Crippen LogP contribution in [0.1, 0.15) is 44.6 Å². The van der Waals surface area contributed by atoms with Crippen LogP contribution >= 0.6 is 0 Å². The van der Waals surface area contributed by atoms with E-state index in [0.717, 1.165) is 34.9 Å². The molecule has 2 heteroatoms. The highest BCUT2D eigenvalue weighted by Gasteiger charge is 2.40. The predicted molar refractivity (Wildman–Crippen MR) is 121 cm³/mol. The number of hydrogen-bond acceptors (Lipinski definition) is 1. The topological polar surface area (TPSA) is 29.1 Å². The van der Waals surface area contributed by atoms with Crippen molar-refractivity contribution >= 4 is 22.4 Å². The lowest BCUT2D eigenvalue weighted by atomic mass is 9.69. The molecule has 0 aliphatic heterocycles. The van der Waals surface area contributed by atoms with Crippen molar-refractivity contribution < 1.29 is 4.79 Å². The second-order valence-electron chi connectivity index (χ2n) is 8.13. The summed E-state index contributed by atoms with van der Waals surface area (Å²) in [6.07, 6.45) is 5.72. The van der Waals surface area contributed by atoms with Gasteiger partial charge in [-0.3, -0.25) is 4.79 Å². The van der Waals surface area contributed by atoms with Crippen molar-refractivity contribution in [1.29, 1.82) is 0 Å². The summed E-state index contributed by atoms with van der Waals surface area (Å²) in [7, 11) is 0. The maximum atomic E-state index is 13.6. The molecule has 0 heterocycles. The first kappa shape index (κ1) is 19.3. The van der Waals surface area contributed by atoms with Gasteiger partial charge in [-0.15, -0.1) is 0 Å². The number of carbonyl (C=O) groups is 1. The fraction of sp³-hybridized carbons (Fsp3) is 0.296. The number of rotatable bonds is 3. The molecular formula is C27H27NO. The van der Waals surface area contributed by atoms with E-state index in [4.69, 9.17) is 0 Å². The van der Waals surface area contributed by atoms with Gasteiger partial charge in [0, 0.05) is 16.6 Å². The molecule has 2 nitrogen and oxygen atoms in total. The minimum absolute atomic E-state index is 0.00387. The SMILES string of the molecule is C[C@](C#Cc1ccccc1)(C(=O)Nc1cccc2ccccc12)C1CCCCC1. The maximum absolute atomic E-state index is 13.6. The van der Waals surface area contributed by atoms with Gasteiger partial charge in [0.15, 0.2) is 0 Å². The molecule has 0 unspecified atom stereocenters. The van der Waals surface area contributed by atoms with Crippen molar-refractivity contribution in [3.63, 3.8) is 0 Å². The third-order valence-electron chi connectivity index (χ3n) is 6.17. The summed E-state index contributed by atoms with van der Waals surface area (Å²) >= 11 is 0. The van der Waals surface area contributed by atoms with Gasteiger partial charge in [-0.2, -0.15) is 0 Å². The van der Waals surface area contributed by atoms with E-state index < -0.39 is 5.41 Å². The van der Waals surface area contributed by atoms with Gasteiger partial charge in [-0.25, -0.2) is 0 Å². The maximum Gasteiger partial charge on any atom is 0.242 e. The van der Waals surface area contributed by atoms with Crippen molar-refractivity contribution in [3.8, 4) is 11.8 Å². The van der Waals surface area contributed by atoms with E-state index in [1.807, 2.05) is 61.5 Å².